The Hall–Kier alpha value is -2.41. The van der Waals surface area contributed by atoms with E-state index in [9.17, 15) is 4.79 Å². The Morgan fingerprint density at radius 1 is 1.26 bits per heavy atom. The van der Waals surface area contributed by atoms with E-state index >= 15 is 0 Å². The van der Waals surface area contributed by atoms with Gasteiger partial charge < -0.3 is 19.9 Å². The molecule has 2 N–H and O–H groups in total. The summed E-state index contributed by atoms with van der Waals surface area (Å²) in [5.41, 5.74) is 1.49. The largest absolute Gasteiger partial charge is 0.383 e. The smallest absolute Gasteiger partial charge is 0.319 e. The second-order valence-corrected chi connectivity index (χ2v) is 5.64. The van der Waals surface area contributed by atoms with E-state index in [1.165, 1.54) is 0 Å². The van der Waals surface area contributed by atoms with Crippen LogP contribution in [0.25, 0.3) is 11.5 Å². The van der Waals surface area contributed by atoms with Gasteiger partial charge in [0, 0.05) is 24.3 Å². The number of carbonyl (C=O) groups excluding carboxylic acids is 1. The molecule has 2 amide bonds. The maximum Gasteiger partial charge on any atom is 0.319 e. The lowest BCUT2D eigenvalue weighted by molar-refractivity contribution is 0.173. The van der Waals surface area contributed by atoms with Gasteiger partial charge in [0.1, 0.15) is 0 Å². The minimum absolute atomic E-state index is 0.0629. The van der Waals surface area contributed by atoms with Gasteiger partial charge in [0.05, 0.1) is 12.6 Å². The molecule has 0 aliphatic rings. The third-order valence-corrected chi connectivity index (χ3v) is 3.14. The Bertz CT molecular complexity index is 637. The molecule has 0 saturated heterocycles. The molecule has 0 radical (unpaired) electrons. The van der Waals surface area contributed by atoms with Crippen LogP contribution in [0.15, 0.2) is 28.8 Å². The first-order valence-electron chi connectivity index (χ1n) is 7.50. The highest BCUT2D eigenvalue weighted by atomic mass is 16.5. The molecule has 2 aromatic rings. The van der Waals surface area contributed by atoms with Gasteiger partial charge in [-0.2, -0.15) is 4.98 Å². The van der Waals surface area contributed by atoms with Crippen LogP contribution in [0.3, 0.4) is 0 Å². The summed E-state index contributed by atoms with van der Waals surface area (Å²) < 4.78 is 10.2. The lowest BCUT2D eigenvalue weighted by Gasteiger charge is -2.13. The van der Waals surface area contributed by atoms with Crippen molar-refractivity contribution >= 4 is 11.7 Å². The Morgan fingerprint density at radius 3 is 2.52 bits per heavy atom. The Kier molecular flexibility index (Phi) is 5.70. The molecule has 7 nitrogen and oxygen atoms in total. The van der Waals surface area contributed by atoms with Crippen molar-refractivity contribution in [2.75, 3.05) is 19.0 Å². The van der Waals surface area contributed by atoms with Crippen LogP contribution in [0.4, 0.5) is 10.5 Å². The number of carbonyl (C=O) groups is 1. The van der Waals surface area contributed by atoms with Gasteiger partial charge in [-0.05, 0) is 31.2 Å². The van der Waals surface area contributed by atoms with Crippen molar-refractivity contribution in [3.05, 3.63) is 30.1 Å². The predicted molar refractivity (Wildman–Crippen MR) is 87.3 cm³/mol. The van der Waals surface area contributed by atoms with Gasteiger partial charge in [0.2, 0.25) is 0 Å². The molecule has 1 atom stereocenters. The molecule has 7 heteroatoms. The maximum atomic E-state index is 11.8. The van der Waals surface area contributed by atoms with Crippen molar-refractivity contribution in [2.45, 2.75) is 32.7 Å². The third kappa shape index (κ3) is 4.79. The summed E-state index contributed by atoms with van der Waals surface area (Å²) in [6.07, 6.45) is 0. The second kappa shape index (κ2) is 7.73. The number of rotatable bonds is 6. The van der Waals surface area contributed by atoms with E-state index in [0.29, 0.717) is 24.0 Å². The number of anilines is 1. The number of methoxy groups -OCH3 is 1. The minimum Gasteiger partial charge on any atom is -0.383 e. The molecule has 2 rings (SSSR count). The Balaban J connectivity index is 1.97. The average molecular weight is 318 g/mol. The summed E-state index contributed by atoms with van der Waals surface area (Å²) in [4.78, 5) is 16.2. The number of benzene rings is 1. The maximum absolute atomic E-state index is 11.8. The summed E-state index contributed by atoms with van der Waals surface area (Å²) in [5.74, 6) is 1.36. The van der Waals surface area contributed by atoms with Gasteiger partial charge in [-0.1, -0.05) is 19.0 Å². The zero-order chi connectivity index (χ0) is 16.8. The molecule has 0 aliphatic heterocycles. The molecule has 0 spiro atoms. The van der Waals surface area contributed by atoms with E-state index in [1.54, 1.807) is 19.2 Å². The molecule has 0 fully saturated rings. The molecule has 23 heavy (non-hydrogen) atoms. The van der Waals surface area contributed by atoms with Crippen molar-refractivity contribution < 1.29 is 14.1 Å². The normalized spacial score (nSPS) is 12.2. The van der Waals surface area contributed by atoms with Gasteiger partial charge in [0.25, 0.3) is 5.89 Å². The monoisotopic (exact) mass is 318 g/mol. The first kappa shape index (κ1) is 17.0. The van der Waals surface area contributed by atoms with E-state index in [0.717, 1.165) is 5.56 Å². The number of urea groups is 1. The summed E-state index contributed by atoms with van der Waals surface area (Å²) in [6.45, 7) is 6.34. The highest BCUT2D eigenvalue weighted by Crippen LogP contribution is 2.21. The number of amides is 2. The second-order valence-electron chi connectivity index (χ2n) is 5.64. The molecule has 0 bridgehead atoms. The zero-order valence-electron chi connectivity index (χ0n) is 13.8. The van der Waals surface area contributed by atoms with E-state index < -0.39 is 0 Å². The van der Waals surface area contributed by atoms with Crippen LogP contribution in [0.1, 0.15) is 32.5 Å². The molecule has 124 valence electrons. The van der Waals surface area contributed by atoms with Crippen molar-refractivity contribution in [1.29, 1.82) is 0 Å². The molecular formula is C16H22N4O3. The van der Waals surface area contributed by atoms with Crippen LogP contribution < -0.4 is 10.6 Å². The fourth-order valence-electron chi connectivity index (χ4n) is 1.97. The zero-order valence-corrected chi connectivity index (χ0v) is 13.8. The summed E-state index contributed by atoms with van der Waals surface area (Å²) in [6, 6.07) is 6.89. The van der Waals surface area contributed by atoms with Crippen molar-refractivity contribution in [1.82, 2.24) is 15.5 Å². The number of ether oxygens (including phenoxy) is 1. The van der Waals surface area contributed by atoms with Gasteiger partial charge >= 0.3 is 6.03 Å². The highest BCUT2D eigenvalue weighted by Gasteiger charge is 2.12. The van der Waals surface area contributed by atoms with E-state index in [-0.39, 0.29) is 18.0 Å². The minimum atomic E-state index is -0.276. The van der Waals surface area contributed by atoms with Crippen LogP contribution in [0, 0.1) is 0 Å². The molecule has 0 aliphatic carbocycles. The van der Waals surface area contributed by atoms with Crippen LogP contribution >= 0.6 is 0 Å². The van der Waals surface area contributed by atoms with Crippen LogP contribution in [-0.2, 0) is 4.74 Å². The number of hydrogen-bond acceptors (Lipinski definition) is 5. The fraction of sp³-hybridized carbons (Fsp3) is 0.438. The molecule has 0 saturated carbocycles. The molecule has 0 unspecified atom stereocenters. The van der Waals surface area contributed by atoms with Gasteiger partial charge in [-0.15, -0.1) is 0 Å². The topological polar surface area (TPSA) is 89.3 Å². The number of hydrogen-bond donors (Lipinski definition) is 2. The van der Waals surface area contributed by atoms with Crippen molar-refractivity contribution in [2.24, 2.45) is 0 Å². The first-order chi connectivity index (χ1) is 11.0. The molecule has 1 aromatic carbocycles. The summed E-state index contributed by atoms with van der Waals surface area (Å²) in [7, 11) is 1.59. The number of aromatic nitrogens is 2. The van der Waals surface area contributed by atoms with E-state index in [4.69, 9.17) is 9.26 Å². The first-order valence-corrected chi connectivity index (χ1v) is 7.50. The quantitative estimate of drug-likeness (QED) is 0.854. The molecular weight excluding hydrogens is 296 g/mol. The number of nitrogens with zero attached hydrogens (tertiary/aromatic N) is 2. The number of nitrogens with one attached hydrogen (secondary N) is 2. The lowest BCUT2D eigenvalue weighted by atomic mass is 10.2. The Morgan fingerprint density at radius 2 is 1.96 bits per heavy atom. The van der Waals surface area contributed by atoms with E-state index in [2.05, 4.69) is 20.8 Å². The molecule has 1 heterocycles. The highest BCUT2D eigenvalue weighted by molar-refractivity contribution is 5.89. The van der Waals surface area contributed by atoms with Crippen molar-refractivity contribution in [3.8, 4) is 11.5 Å². The van der Waals surface area contributed by atoms with Gasteiger partial charge in [-0.25, -0.2) is 4.79 Å². The van der Waals surface area contributed by atoms with Crippen LogP contribution in [0.2, 0.25) is 0 Å². The third-order valence-electron chi connectivity index (χ3n) is 3.14. The lowest BCUT2D eigenvalue weighted by Crippen LogP contribution is -2.38. The average Bonchev–Trinajstić information content (AvgIpc) is 2.98. The fourth-order valence-corrected chi connectivity index (χ4v) is 1.97. The summed E-state index contributed by atoms with van der Waals surface area (Å²) in [5, 5.41) is 9.47. The SMILES string of the molecule is COC[C@H](C)NC(=O)Nc1ccc(-c2nc(C(C)C)no2)cc1. The summed E-state index contributed by atoms with van der Waals surface area (Å²) >= 11 is 0. The molecule has 1 aromatic heterocycles. The standard InChI is InChI=1S/C16H22N4O3/c1-10(2)14-19-15(23-20-14)12-5-7-13(8-6-12)18-16(21)17-11(3)9-22-4/h5-8,10-11H,9H2,1-4H3,(H2,17,18,21)/t11-/m0/s1. The van der Waals surface area contributed by atoms with Crippen molar-refractivity contribution in [3.63, 3.8) is 0 Å². The van der Waals surface area contributed by atoms with Crippen LogP contribution in [-0.4, -0.2) is 35.9 Å². The Labute approximate surface area is 135 Å². The van der Waals surface area contributed by atoms with Crippen LogP contribution in [0.5, 0.6) is 0 Å². The van der Waals surface area contributed by atoms with Gasteiger partial charge in [-0.3, -0.25) is 0 Å². The van der Waals surface area contributed by atoms with E-state index in [1.807, 2.05) is 32.9 Å². The predicted octanol–water partition coefficient (Wildman–Crippen LogP) is 3.02. The van der Waals surface area contributed by atoms with Gasteiger partial charge in [0.15, 0.2) is 5.82 Å².